The highest BCUT2D eigenvalue weighted by atomic mass is 19.1. The third-order valence-electron chi connectivity index (χ3n) is 4.78. The van der Waals surface area contributed by atoms with Crippen LogP contribution in [0.5, 0.6) is 0 Å². The maximum absolute atomic E-state index is 15.0. The predicted molar refractivity (Wildman–Crippen MR) is 103 cm³/mol. The molecule has 3 aromatic heterocycles. The lowest BCUT2D eigenvalue weighted by molar-refractivity contribution is -0.111. The van der Waals surface area contributed by atoms with Crippen LogP contribution in [0, 0.1) is 12.9 Å². The van der Waals surface area contributed by atoms with E-state index in [2.05, 4.69) is 35.9 Å². The van der Waals surface area contributed by atoms with E-state index in [1.807, 2.05) is 19.1 Å². The number of anilines is 4. The number of nitrogens with zero attached hydrogens (tertiary/aromatic N) is 4. The number of aromatic nitrogens is 4. The fourth-order valence-corrected chi connectivity index (χ4v) is 3.36. The number of carbonyl (C=O) groups excluding carboxylic acids is 1. The van der Waals surface area contributed by atoms with Gasteiger partial charge >= 0.3 is 0 Å². The normalized spacial score (nSPS) is 17.5. The highest BCUT2D eigenvalue weighted by Crippen LogP contribution is 2.43. The van der Waals surface area contributed by atoms with Crippen LogP contribution in [-0.4, -0.2) is 39.8 Å². The van der Waals surface area contributed by atoms with Crippen LogP contribution in [-0.2, 0) is 10.2 Å². The van der Waals surface area contributed by atoms with Crippen molar-refractivity contribution in [1.82, 2.24) is 19.9 Å². The molecule has 8 nitrogen and oxygen atoms in total. The van der Waals surface area contributed by atoms with Crippen molar-refractivity contribution in [2.75, 3.05) is 29.5 Å². The Kier molecular flexibility index (Phi) is 4.34. The number of hydrogen-bond donors (Lipinski definition) is 3. The number of nitrogens with one attached hydrogen (secondary N) is 3. The first-order valence-electron chi connectivity index (χ1n) is 8.67. The van der Waals surface area contributed by atoms with Gasteiger partial charge in [-0.1, -0.05) is 0 Å². The number of fused-ring (bicyclic) bond motifs is 1. The Balaban J connectivity index is 1.74. The summed E-state index contributed by atoms with van der Waals surface area (Å²) < 4.78 is 15.0. The molecule has 0 spiro atoms. The average Bonchev–Trinajstić information content (AvgIpc) is 3.10. The van der Waals surface area contributed by atoms with E-state index in [1.165, 1.54) is 6.33 Å². The maximum atomic E-state index is 15.0. The standard InChI is InChI=1S/C19H18FN7O/c1-11-3-4-12(7-22-11)26-14-6-5-13(16(20)27-14)19(9-28)8-23-18-15(19)17(21-2)24-10-25-18/h3-7,9-10H,8H2,1-2H3,(H,26,27)(H2,21,23,24,25). The fraction of sp³-hybridized carbons (Fsp3) is 0.211. The van der Waals surface area contributed by atoms with E-state index in [4.69, 9.17) is 0 Å². The predicted octanol–water partition coefficient (Wildman–Crippen LogP) is 2.41. The van der Waals surface area contributed by atoms with Crippen LogP contribution in [0.2, 0.25) is 0 Å². The van der Waals surface area contributed by atoms with Crippen LogP contribution in [0.15, 0.2) is 36.8 Å². The molecule has 0 bridgehead atoms. The second kappa shape index (κ2) is 6.84. The van der Waals surface area contributed by atoms with Crippen LogP contribution in [0.4, 0.5) is 27.5 Å². The topological polar surface area (TPSA) is 105 Å². The van der Waals surface area contributed by atoms with Gasteiger partial charge in [-0.05, 0) is 31.2 Å². The lowest BCUT2D eigenvalue weighted by atomic mass is 9.78. The minimum Gasteiger partial charge on any atom is -0.373 e. The second-order valence-corrected chi connectivity index (χ2v) is 6.49. The molecule has 4 rings (SSSR count). The summed E-state index contributed by atoms with van der Waals surface area (Å²) in [5.74, 6) is 0.545. The molecule has 4 heterocycles. The Hall–Kier alpha value is -3.62. The van der Waals surface area contributed by atoms with Gasteiger partial charge in [0.2, 0.25) is 5.95 Å². The van der Waals surface area contributed by atoms with Gasteiger partial charge in [-0.2, -0.15) is 4.39 Å². The Morgan fingerprint density at radius 2 is 2.07 bits per heavy atom. The number of aldehydes is 1. The van der Waals surface area contributed by atoms with Crippen molar-refractivity contribution in [3.05, 3.63) is 59.6 Å². The smallest absolute Gasteiger partial charge is 0.219 e. The Labute approximate surface area is 160 Å². The SMILES string of the molecule is CNc1ncnc2c1C(C=O)(c1ccc(Nc3ccc(C)nc3)nc1F)CN2. The number of rotatable bonds is 5. The van der Waals surface area contributed by atoms with Gasteiger partial charge in [0.25, 0.3) is 0 Å². The first-order chi connectivity index (χ1) is 13.6. The van der Waals surface area contributed by atoms with Crippen LogP contribution in [0.1, 0.15) is 16.8 Å². The summed E-state index contributed by atoms with van der Waals surface area (Å²) in [5.41, 5.74) is 0.969. The van der Waals surface area contributed by atoms with E-state index in [-0.39, 0.29) is 12.1 Å². The molecular weight excluding hydrogens is 361 g/mol. The summed E-state index contributed by atoms with van der Waals surface area (Å²) >= 11 is 0. The molecule has 3 aromatic rings. The number of halogens is 1. The van der Waals surface area contributed by atoms with Gasteiger partial charge in [0.15, 0.2) is 0 Å². The average molecular weight is 379 g/mol. The molecule has 142 valence electrons. The van der Waals surface area contributed by atoms with Crippen molar-refractivity contribution < 1.29 is 9.18 Å². The van der Waals surface area contributed by atoms with E-state index >= 15 is 4.39 Å². The van der Waals surface area contributed by atoms with Crippen molar-refractivity contribution >= 4 is 29.4 Å². The van der Waals surface area contributed by atoms with Crippen molar-refractivity contribution in [2.24, 2.45) is 0 Å². The molecule has 1 atom stereocenters. The van der Waals surface area contributed by atoms with E-state index < -0.39 is 11.4 Å². The van der Waals surface area contributed by atoms with E-state index in [0.717, 1.165) is 5.69 Å². The van der Waals surface area contributed by atoms with Gasteiger partial charge in [0, 0.05) is 24.8 Å². The maximum Gasteiger partial charge on any atom is 0.219 e. The third kappa shape index (κ3) is 2.81. The van der Waals surface area contributed by atoms with E-state index in [9.17, 15) is 4.79 Å². The fourth-order valence-electron chi connectivity index (χ4n) is 3.36. The van der Waals surface area contributed by atoms with Crippen LogP contribution in [0.25, 0.3) is 0 Å². The zero-order valence-corrected chi connectivity index (χ0v) is 15.3. The minimum absolute atomic E-state index is 0.160. The van der Waals surface area contributed by atoms with Gasteiger partial charge in [0.1, 0.15) is 35.5 Å². The third-order valence-corrected chi connectivity index (χ3v) is 4.78. The molecule has 1 aliphatic heterocycles. The lowest BCUT2D eigenvalue weighted by Gasteiger charge is -2.24. The minimum atomic E-state index is -1.27. The first-order valence-corrected chi connectivity index (χ1v) is 8.67. The van der Waals surface area contributed by atoms with Crippen molar-refractivity contribution in [3.63, 3.8) is 0 Å². The van der Waals surface area contributed by atoms with Gasteiger partial charge in [-0.15, -0.1) is 0 Å². The van der Waals surface area contributed by atoms with Crippen molar-refractivity contribution in [1.29, 1.82) is 0 Å². The highest BCUT2D eigenvalue weighted by molar-refractivity contribution is 5.86. The number of carbonyl (C=O) groups is 1. The number of aryl methyl sites for hydroxylation is 1. The quantitative estimate of drug-likeness (QED) is 0.459. The Bertz CT molecular complexity index is 1040. The highest BCUT2D eigenvalue weighted by Gasteiger charge is 2.46. The van der Waals surface area contributed by atoms with Gasteiger partial charge in [-0.3, -0.25) is 4.98 Å². The summed E-state index contributed by atoms with van der Waals surface area (Å²) in [6, 6.07) is 6.86. The van der Waals surface area contributed by atoms with Crippen LogP contribution in [0.3, 0.4) is 0 Å². The van der Waals surface area contributed by atoms with Crippen LogP contribution < -0.4 is 16.0 Å². The van der Waals surface area contributed by atoms with Gasteiger partial charge in [-0.25, -0.2) is 15.0 Å². The molecule has 0 aliphatic carbocycles. The molecular formula is C19H18FN7O. The Morgan fingerprint density at radius 3 is 2.75 bits per heavy atom. The molecule has 0 saturated carbocycles. The number of pyridine rings is 2. The molecule has 0 radical (unpaired) electrons. The molecule has 0 saturated heterocycles. The lowest BCUT2D eigenvalue weighted by Crippen LogP contribution is -2.34. The van der Waals surface area contributed by atoms with Crippen molar-refractivity contribution in [2.45, 2.75) is 12.3 Å². The largest absolute Gasteiger partial charge is 0.373 e. The van der Waals surface area contributed by atoms with Gasteiger partial charge < -0.3 is 20.7 Å². The molecule has 3 N–H and O–H groups in total. The monoisotopic (exact) mass is 379 g/mol. The summed E-state index contributed by atoms with van der Waals surface area (Å²) in [6.07, 6.45) is 3.74. The summed E-state index contributed by atoms with van der Waals surface area (Å²) in [4.78, 5) is 28.7. The molecule has 1 aliphatic rings. The summed E-state index contributed by atoms with van der Waals surface area (Å²) in [7, 11) is 1.69. The summed E-state index contributed by atoms with van der Waals surface area (Å²) in [5, 5.41) is 9.01. The molecule has 1 unspecified atom stereocenters. The molecule has 9 heteroatoms. The van der Waals surface area contributed by atoms with E-state index in [1.54, 1.807) is 25.4 Å². The second-order valence-electron chi connectivity index (χ2n) is 6.49. The van der Waals surface area contributed by atoms with Crippen LogP contribution >= 0.6 is 0 Å². The number of hydrogen-bond acceptors (Lipinski definition) is 8. The van der Waals surface area contributed by atoms with Gasteiger partial charge in [0.05, 0.1) is 17.4 Å². The molecule has 0 amide bonds. The molecule has 0 fully saturated rings. The Morgan fingerprint density at radius 1 is 1.21 bits per heavy atom. The zero-order valence-electron chi connectivity index (χ0n) is 15.3. The van der Waals surface area contributed by atoms with E-state index in [0.29, 0.717) is 35.0 Å². The zero-order chi connectivity index (χ0) is 19.7. The molecule has 0 aromatic carbocycles. The summed E-state index contributed by atoms with van der Waals surface area (Å²) in [6.45, 7) is 2.05. The molecule has 28 heavy (non-hydrogen) atoms. The van der Waals surface area contributed by atoms with Crippen molar-refractivity contribution in [3.8, 4) is 0 Å². The first kappa shape index (κ1) is 17.8.